The normalized spacial score (nSPS) is 10.4. The number of carboxylic acids is 1. The van der Waals surface area contributed by atoms with Crippen molar-refractivity contribution in [3.63, 3.8) is 0 Å². The topological polar surface area (TPSA) is 136 Å². The predicted octanol–water partition coefficient (Wildman–Crippen LogP) is 2.62. The molecule has 0 aromatic rings. The lowest BCUT2D eigenvalue weighted by atomic mass is 9.95. The van der Waals surface area contributed by atoms with Gasteiger partial charge in [0.15, 0.2) is 5.60 Å². The highest BCUT2D eigenvalue weighted by molar-refractivity contribution is 5.90. The lowest BCUT2D eigenvalue weighted by Gasteiger charge is -2.24. The van der Waals surface area contributed by atoms with E-state index >= 15 is 0 Å². The quantitative estimate of drug-likeness (QED) is 0.247. The molecule has 0 rings (SSSR count). The van der Waals surface area contributed by atoms with Crippen molar-refractivity contribution in [1.29, 1.82) is 0 Å². The Morgan fingerprint density at radius 3 is 1.34 bits per heavy atom. The molecule has 0 saturated heterocycles. The molecule has 0 aliphatic rings. The van der Waals surface area contributed by atoms with E-state index in [0.717, 1.165) is 26.2 Å². The van der Waals surface area contributed by atoms with Crippen LogP contribution in [0, 0.1) is 0 Å². The number of hydrogen-bond donors (Lipinski definition) is 2. The van der Waals surface area contributed by atoms with Crippen molar-refractivity contribution in [3.8, 4) is 0 Å². The first-order chi connectivity index (χ1) is 13.6. The van der Waals surface area contributed by atoms with Gasteiger partial charge in [-0.05, 0) is 19.3 Å². The zero-order valence-corrected chi connectivity index (χ0v) is 18.0. The second kappa shape index (κ2) is 17.9. The van der Waals surface area contributed by atoms with Gasteiger partial charge in [0, 0.05) is 6.92 Å². The minimum atomic E-state index is -2.26. The molecule has 2 N–H and O–H groups in total. The van der Waals surface area contributed by atoms with Gasteiger partial charge >= 0.3 is 17.9 Å². The average molecular weight is 420 g/mol. The van der Waals surface area contributed by atoms with E-state index in [2.05, 4.69) is 0 Å². The Balaban J connectivity index is 0. The standard InChI is InChI=1S/C18H32O7.C2H4O2/c1-4-7-10-23-15(19)13-18(22,17(21)25-12-9-6-3)14-16(20)24-11-8-5-2;1-2(3)4/h22H,4-14H2,1-3H3;1H3,(H,3,4). The highest BCUT2D eigenvalue weighted by atomic mass is 16.6. The molecule has 0 aliphatic carbocycles. The minimum absolute atomic E-state index is 0.118. The molecule has 0 amide bonds. The molecule has 0 aromatic heterocycles. The van der Waals surface area contributed by atoms with Gasteiger partial charge in [-0.2, -0.15) is 0 Å². The molecular weight excluding hydrogens is 384 g/mol. The first-order valence-electron chi connectivity index (χ1n) is 10.0. The number of carboxylic acid groups (broad SMARTS) is 1. The fraction of sp³-hybridized carbons (Fsp3) is 0.800. The van der Waals surface area contributed by atoms with Crippen LogP contribution in [-0.4, -0.2) is 59.5 Å². The Bertz CT molecular complexity index is 460. The molecule has 170 valence electrons. The number of unbranched alkanes of at least 4 members (excludes halogenated alkanes) is 3. The van der Waals surface area contributed by atoms with E-state index in [-0.39, 0.29) is 19.8 Å². The van der Waals surface area contributed by atoms with E-state index in [9.17, 15) is 19.5 Å². The van der Waals surface area contributed by atoms with Gasteiger partial charge in [0.25, 0.3) is 5.97 Å². The van der Waals surface area contributed by atoms with Crippen LogP contribution in [0.2, 0.25) is 0 Å². The predicted molar refractivity (Wildman–Crippen MR) is 105 cm³/mol. The highest BCUT2D eigenvalue weighted by Crippen LogP contribution is 2.20. The van der Waals surface area contributed by atoms with Crippen molar-refractivity contribution in [2.45, 2.75) is 84.7 Å². The van der Waals surface area contributed by atoms with Gasteiger partial charge in [0.2, 0.25) is 0 Å². The average Bonchev–Trinajstić information content (AvgIpc) is 2.61. The van der Waals surface area contributed by atoms with Crippen LogP contribution in [0.5, 0.6) is 0 Å². The Kier molecular flexibility index (Phi) is 17.9. The number of aliphatic carboxylic acids is 1. The molecule has 0 bridgehead atoms. The van der Waals surface area contributed by atoms with Crippen molar-refractivity contribution in [2.75, 3.05) is 19.8 Å². The Labute approximate surface area is 172 Å². The monoisotopic (exact) mass is 420 g/mol. The van der Waals surface area contributed by atoms with Crippen LogP contribution in [0.15, 0.2) is 0 Å². The van der Waals surface area contributed by atoms with Crippen molar-refractivity contribution in [3.05, 3.63) is 0 Å². The van der Waals surface area contributed by atoms with Gasteiger partial charge in [0.05, 0.1) is 32.7 Å². The fourth-order valence-electron chi connectivity index (χ4n) is 1.89. The first kappa shape index (κ1) is 29.0. The Morgan fingerprint density at radius 2 is 1.03 bits per heavy atom. The number of carbonyl (C=O) groups is 4. The van der Waals surface area contributed by atoms with Crippen LogP contribution in [0.25, 0.3) is 0 Å². The number of esters is 3. The van der Waals surface area contributed by atoms with Gasteiger partial charge in [-0.3, -0.25) is 14.4 Å². The maximum absolute atomic E-state index is 12.2. The minimum Gasteiger partial charge on any atom is -0.481 e. The Hall–Kier alpha value is -2.16. The third-order valence-corrected chi connectivity index (χ3v) is 3.51. The van der Waals surface area contributed by atoms with Crippen LogP contribution in [0.3, 0.4) is 0 Å². The molecule has 0 aromatic carbocycles. The molecular formula is C20H36O9. The van der Waals surface area contributed by atoms with Gasteiger partial charge < -0.3 is 24.4 Å². The summed E-state index contributed by atoms with van der Waals surface area (Å²) >= 11 is 0. The lowest BCUT2D eigenvalue weighted by molar-refractivity contribution is -0.178. The highest BCUT2D eigenvalue weighted by Gasteiger charge is 2.43. The van der Waals surface area contributed by atoms with Crippen LogP contribution < -0.4 is 0 Å². The molecule has 0 saturated carbocycles. The van der Waals surface area contributed by atoms with Crippen LogP contribution >= 0.6 is 0 Å². The summed E-state index contributed by atoms with van der Waals surface area (Å²) in [6.45, 7) is 7.43. The van der Waals surface area contributed by atoms with E-state index in [1.165, 1.54) is 0 Å². The van der Waals surface area contributed by atoms with E-state index in [1.807, 2.05) is 20.8 Å². The second-order valence-corrected chi connectivity index (χ2v) is 6.54. The van der Waals surface area contributed by atoms with Crippen molar-refractivity contribution >= 4 is 23.9 Å². The number of rotatable bonds is 14. The summed E-state index contributed by atoms with van der Waals surface area (Å²) in [5.41, 5.74) is -2.26. The number of hydrogen-bond acceptors (Lipinski definition) is 8. The van der Waals surface area contributed by atoms with Crippen LogP contribution in [0.4, 0.5) is 0 Å². The van der Waals surface area contributed by atoms with Gasteiger partial charge in [-0.1, -0.05) is 40.0 Å². The van der Waals surface area contributed by atoms with Crippen molar-refractivity contribution < 1.29 is 43.6 Å². The molecule has 0 fully saturated rings. The first-order valence-corrected chi connectivity index (χ1v) is 10.0. The number of aliphatic hydroxyl groups is 1. The molecule has 0 atom stereocenters. The van der Waals surface area contributed by atoms with Crippen LogP contribution in [-0.2, 0) is 33.4 Å². The lowest BCUT2D eigenvalue weighted by Crippen LogP contribution is -2.45. The maximum Gasteiger partial charge on any atom is 0.339 e. The van der Waals surface area contributed by atoms with Gasteiger partial charge in [0.1, 0.15) is 0 Å². The molecule has 0 unspecified atom stereocenters. The summed E-state index contributed by atoms with van der Waals surface area (Å²) in [4.78, 5) is 44.9. The van der Waals surface area contributed by atoms with Crippen molar-refractivity contribution in [2.24, 2.45) is 0 Å². The van der Waals surface area contributed by atoms with Gasteiger partial charge in [-0.15, -0.1) is 0 Å². The zero-order valence-electron chi connectivity index (χ0n) is 18.0. The molecule has 0 heterocycles. The third kappa shape index (κ3) is 17.7. The third-order valence-electron chi connectivity index (χ3n) is 3.51. The SMILES string of the molecule is CC(=O)O.CCCCOC(=O)CC(O)(CC(=O)OCCCC)C(=O)OCCCC. The number of carbonyl (C=O) groups excluding carboxylic acids is 3. The summed E-state index contributed by atoms with van der Waals surface area (Å²) < 4.78 is 14.9. The summed E-state index contributed by atoms with van der Waals surface area (Å²) in [6.07, 6.45) is 3.23. The molecule has 29 heavy (non-hydrogen) atoms. The van der Waals surface area contributed by atoms with Gasteiger partial charge in [-0.25, -0.2) is 4.79 Å². The maximum atomic E-state index is 12.2. The van der Waals surface area contributed by atoms with E-state index < -0.39 is 42.3 Å². The second-order valence-electron chi connectivity index (χ2n) is 6.54. The van der Waals surface area contributed by atoms with Crippen LogP contribution in [0.1, 0.15) is 79.1 Å². The number of ether oxygens (including phenoxy) is 3. The van der Waals surface area contributed by atoms with E-state index in [4.69, 9.17) is 24.1 Å². The fourth-order valence-corrected chi connectivity index (χ4v) is 1.89. The molecule has 9 nitrogen and oxygen atoms in total. The van der Waals surface area contributed by atoms with E-state index in [0.29, 0.717) is 19.3 Å². The van der Waals surface area contributed by atoms with E-state index in [1.54, 1.807) is 0 Å². The molecule has 0 radical (unpaired) electrons. The van der Waals surface area contributed by atoms with Crippen molar-refractivity contribution in [1.82, 2.24) is 0 Å². The summed E-state index contributed by atoms with van der Waals surface area (Å²) in [5.74, 6) is -3.32. The summed E-state index contributed by atoms with van der Waals surface area (Å²) in [5, 5.41) is 18.0. The largest absolute Gasteiger partial charge is 0.481 e. The zero-order chi connectivity index (χ0) is 22.7. The molecule has 0 aliphatic heterocycles. The smallest absolute Gasteiger partial charge is 0.339 e. The Morgan fingerprint density at radius 1 is 0.724 bits per heavy atom. The summed E-state index contributed by atoms with van der Waals surface area (Å²) in [6, 6.07) is 0. The molecule has 0 spiro atoms. The molecule has 9 heteroatoms. The summed E-state index contributed by atoms with van der Waals surface area (Å²) in [7, 11) is 0.